The summed E-state index contributed by atoms with van der Waals surface area (Å²) in [5.74, 6) is -2.16. The van der Waals surface area contributed by atoms with Crippen molar-refractivity contribution in [2.45, 2.75) is 32.1 Å². The van der Waals surface area contributed by atoms with E-state index in [-0.39, 0.29) is 24.6 Å². The van der Waals surface area contributed by atoms with Gasteiger partial charge in [0.1, 0.15) is 5.82 Å². The van der Waals surface area contributed by atoms with Crippen molar-refractivity contribution in [2.75, 3.05) is 42.9 Å². The van der Waals surface area contributed by atoms with Crippen LogP contribution in [0.4, 0.5) is 15.8 Å². The number of nitrogens with zero attached hydrogens (tertiary/aromatic N) is 2. The second-order valence-corrected chi connectivity index (χ2v) is 6.91. The maximum atomic E-state index is 14.3. The molecule has 0 radical (unpaired) electrons. The number of benzene rings is 1. The molecule has 2 aliphatic heterocycles. The SMILES string of the molecule is O=C(NCCC(=O)N1CCCC1)C(=O)Nc1ccc(N2CCCC2)c(F)c1. The fraction of sp³-hybridized carbons (Fsp3) is 0.526. The quantitative estimate of drug-likeness (QED) is 0.763. The number of carbonyl (C=O) groups excluding carboxylic acids is 3. The van der Waals surface area contributed by atoms with Crippen molar-refractivity contribution in [2.24, 2.45) is 0 Å². The van der Waals surface area contributed by atoms with Gasteiger partial charge in [0, 0.05) is 44.8 Å². The fourth-order valence-corrected chi connectivity index (χ4v) is 3.47. The van der Waals surface area contributed by atoms with Gasteiger partial charge in [0.05, 0.1) is 5.69 Å². The standard InChI is InChI=1S/C19H25FN4O3/c20-15-13-14(5-6-16(15)23-9-1-2-10-23)22-19(27)18(26)21-8-7-17(25)24-11-3-4-12-24/h5-6,13H,1-4,7-12H2,(H,21,26)(H,22,27). The molecule has 0 unspecified atom stereocenters. The first-order chi connectivity index (χ1) is 13.0. The van der Waals surface area contributed by atoms with E-state index < -0.39 is 17.6 Å². The number of halogens is 1. The van der Waals surface area contributed by atoms with Crippen LogP contribution in [-0.4, -0.2) is 55.3 Å². The Hall–Kier alpha value is -2.64. The van der Waals surface area contributed by atoms with Crippen LogP contribution < -0.4 is 15.5 Å². The third-order valence-corrected chi connectivity index (χ3v) is 4.94. The topological polar surface area (TPSA) is 81.8 Å². The predicted molar refractivity (Wildman–Crippen MR) is 99.9 cm³/mol. The van der Waals surface area contributed by atoms with Gasteiger partial charge in [-0.25, -0.2) is 4.39 Å². The molecular weight excluding hydrogens is 351 g/mol. The molecule has 1 aromatic carbocycles. The van der Waals surface area contributed by atoms with E-state index in [9.17, 15) is 18.8 Å². The first kappa shape index (κ1) is 19.1. The number of anilines is 2. The van der Waals surface area contributed by atoms with E-state index >= 15 is 0 Å². The third-order valence-electron chi connectivity index (χ3n) is 4.94. The largest absolute Gasteiger partial charge is 0.369 e. The van der Waals surface area contributed by atoms with E-state index in [0.717, 1.165) is 51.9 Å². The van der Waals surface area contributed by atoms with Gasteiger partial charge in [0.25, 0.3) is 0 Å². The molecule has 0 saturated carbocycles. The molecule has 0 bridgehead atoms. The Labute approximate surface area is 157 Å². The molecule has 0 aromatic heterocycles. The monoisotopic (exact) mass is 376 g/mol. The van der Waals surface area contributed by atoms with Gasteiger partial charge >= 0.3 is 11.8 Å². The molecule has 8 heteroatoms. The van der Waals surface area contributed by atoms with Crippen LogP contribution >= 0.6 is 0 Å². The van der Waals surface area contributed by atoms with Crippen LogP contribution in [0.3, 0.4) is 0 Å². The Kier molecular flexibility index (Phi) is 6.26. The number of carbonyl (C=O) groups is 3. The van der Waals surface area contributed by atoms with E-state index in [1.807, 2.05) is 4.90 Å². The summed E-state index contributed by atoms with van der Waals surface area (Å²) >= 11 is 0. The van der Waals surface area contributed by atoms with E-state index in [0.29, 0.717) is 5.69 Å². The second kappa shape index (κ2) is 8.83. The average molecular weight is 376 g/mol. The molecule has 2 aliphatic rings. The van der Waals surface area contributed by atoms with E-state index in [1.165, 1.54) is 6.07 Å². The van der Waals surface area contributed by atoms with Crippen molar-refractivity contribution >= 4 is 29.1 Å². The van der Waals surface area contributed by atoms with Crippen LogP contribution in [0, 0.1) is 5.82 Å². The summed E-state index contributed by atoms with van der Waals surface area (Å²) in [6.07, 6.45) is 4.26. The molecule has 7 nitrogen and oxygen atoms in total. The molecular formula is C19H25FN4O3. The van der Waals surface area contributed by atoms with Gasteiger partial charge in [-0.2, -0.15) is 0 Å². The molecule has 0 aliphatic carbocycles. The van der Waals surface area contributed by atoms with Gasteiger partial charge in [-0.1, -0.05) is 0 Å². The lowest BCUT2D eigenvalue weighted by Crippen LogP contribution is -2.38. The Balaban J connectivity index is 1.45. The molecule has 3 amide bonds. The number of amides is 3. The molecule has 0 atom stereocenters. The summed E-state index contributed by atoms with van der Waals surface area (Å²) in [4.78, 5) is 39.4. The number of hydrogen-bond donors (Lipinski definition) is 2. The van der Waals surface area contributed by atoms with E-state index in [4.69, 9.17) is 0 Å². The summed E-state index contributed by atoms with van der Waals surface area (Å²) in [6, 6.07) is 4.41. The Morgan fingerprint density at radius 2 is 1.63 bits per heavy atom. The number of nitrogens with one attached hydrogen (secondary N) is 2. The van der Waals surface area contributed by atoms with E-state index in [1.54, 1.807) is 17.0 Å². The van der Waals surface area contributed by atoms with Crippen LogP contribution in [0.2, 0.25) is 0 Å². The highest BCUT2D eigenvalue weighted by Gasteiger charge is 2.20. The summed E-state index contributed by atoms with van der Waals surface area (Å²) in [5.41, 5.74) is 0.735. The minimum absolute atomic E-state index is 0.0206. The van der Waals surface area contributed by atoms with Crippen molar-refractivity contribution in [1.29, 1.82) is 0 Å². The normalized spacial score (nSPS) is 16.5. The van der Waals surface area contributed by atoms with Gasteiger partial charge in [0.15, 0.2) is 0 Å². The Bertz CT molecular complexity index is 713. The maximum absolute atomic E-state index is 14.3. The summed E-state index contributed by atoms with van der Waals surface area (Å²) in [7, 11) is 0. The van der Waals surface area contributed by atoms with Crippen molar-refractivity contribution in [3.05, 3.63) is 24.0 Å². The van der Waals surface area contributed by atoms with Gasteiger partial charge < -0.3 is 20.4 Å². The molecule has 2 saturated heterocycles. The van der Waals surface area contributed by atoms with Crippen molar-refractivity contribution in [3.63, 3.8) is 0 Å². The van der Waals surface area contributed by atoms with Gasteiger partial charge in [-0.15, -0.1) is 0 Å². The summed E-state index contributed by atoms with van der Waals surface area (Å²) < 4.78 is 14.3. The molecule has 0 spiro atoms. The van der Waals surface area contributed by atoms with Crippen molar-refractivity contribution < 1.29 is 18.8 Å². The highest BCUT2D eigenvalue weighted by Crippen LogP contribution is 2.26. The Morgan fingerprint density at radius 1 is 0.963 bits per heavy atom. The molecule has 3 rings (SSSR count). The lowest BCUT2D eigenvalue weighted by Gasteiger charge is -2.18. The highest BCUT2D eigenvalue weighted by molar-refractivity contribution is 6.39. The predicted octanol–water partition coefficient (Wildman–Crippen LogP) is 1.49. The number of likely N-dealkylation sites (tertiary alicyclic amines) is 1. The zero-order chi connectivity index (χ0) is 19.2. The molecule has 1 aromatic rings. The Morgan fingerprint density at radius 3 is 2.30 bits per heavy atom. The van der Waals surface area contributed by atoms with Crippen LogP contribution in [0.15, 0.2) is 18.2 Å². The molecule has 2 fully saturated rings. The highest BCUT2D eigenvalue weighted by atomic mass is 19.1. The minimum atomic E-state index is -0.878. The van der Waals surface area contributed by atoms with Gasteiger partial charge in [0.2, 0.25) is 5.91 Å². The number of hydrogen-bond acceptors (Lipinski definition) is 4. The first-order valence-electron chi connectivity index (χ1n) is 9.46. The molecule has 27 heavy (non-hydrogen) atoms. The summed E-state index contributed by atoms with van der Waals surface area (Å²) in [5, 5.41) is 4.82. The van der Waals surface area contributed by atoms with Gasteiger partial charge in [-0.3, -0.25) is 14.4 Å². The van der Waals surface area contributed by atoms with Gasteiger partial charge in [-0.05, 0) is 43.9 Å². The van der Waals surface area contributed by atoms with Crippen LogP contribution in [0.5, 0.6) is 0 Å². The smallest absolute Gasteiger partial charge is 0.313 e. The van der Waals surface area contributed by atoms with Crippen LogP contribution in [0.1, 0.15) is 32.1 Å². The number of rotatable bonds is 5. The maximum Gasteiger partial charge on any atom is 0.313 e. The lowest BCUT2D eigenvalue weighted by molar-refractivity contribution is -0.136. The molecule has 2 heterocycles. The zero-order valence-electron chi connectivity index (χ0n) is 15.3. The van der Waals surface area contributed by atoms with Crippen LogP contribution in [0.25, 0.3) is 0 Å². The third kappa shape index (κ3) is 4.96. The average Bonchev–Trinajstić information content (AvgIpc) is 3.35. The fourth-order valence-electron chi connectivity index (χ4n) is 3.47. The second-order valence-electron chi connectivity index (χ2n) is 6.91. The molecule has 146 valence electrons. The van der Waals surface area contributed by atoms with Crippen LogP contribution in [-0.2, 0) is 14.4 Å². The zero-order valence-corrected chi connectivity index (χ0v) is 15.3. The molecule has 2 N–H and O–H groups in total. The van der Waals surface area contributed by atoms with Crippen molar-refractivity contribution in [3.8, 4) is 0 Å². The lowest BCUT2D eigenvalue weighted by atomic mass is 10.2. The summed E-state index contributed by atoms with van der Waals surface area (Å²) in [6.45, 7) is 3.25. The first-order valence-corrected chi connectivity index (χ1v) is 9.46. The van der Waals surface area contributed by atoms with E-state index in [2.05, 4.69) is 10.6 Å². The minimum Gasteiger partial charge on any atom is -0.369 e. The van der Waals surface area contributed by atoms with Crippen molar-refractivity contribution in [1.82, 2.24) is 10.2 Å².